The molecule has 128 valence electrons. The lowest BCUT2D eigenvalue weighted by Crippen LogP contribution is -2.22. The second kappa shape index (κ2) is 9.06. The SMILES string of the molecule is CCN(CC)c1ccc(/C=N\CCc2ccc(OC)cc2)cc1F. The molecule has 0 aliphatic carbocycles. The predicted octanol–water partition coefficient (Wildman–Crippen LogP) is 4.34. The highest BCUT2D eigenvalue weighted by molar-refractivity contribution is 5.80. The third kappa shape index (κ3) is 4.82. The summed E-state index contributed by atoms with van der Waals surface area (Å²) in [4.78, 5) is 6.40. The van der Waals surface area contributed by atoms with Gasteiger partial charge in [0.2, 0.25) is 0 Å². The van der Waals surface area contributed by atoms with Crippen molar-refractivity contribution in [2.45, 2.75) is 20.3 Å². The van der Waals surface area contributed by atoms with Crippen LogP contribution in [0.25, 0.3) is 0 Å². The zero-order valence-electron chi connectivity index (χ0n) is 14.6. The van der Waals surface area contributed by atoms with Crippen LogP contribution < -0.4 is 9.64 Å². The van der Waals surface area contributed by atoms with Gasteiger partial charge in [-0.2, -0.15) is 0 Å². The van der Waals surface area contributed by atoms with Crippen LogP contribution in [-0.2, 0) is 6.42 Å². The summed E-state index contributed by atoms with van der Waals surface area (Å²) in [6, 6.07) is 13.2. The molecule has 2 aromatic carbocycles. The van der Waals surface area contributed by atoms with E-state index in [-0.39, 0.29) is 5.82 Å². The first-order valence-corrected chi connectivity index (χ1v) is 8.35. The highest BCUT2D eigenvalue weighted by Gasteiger charge is 2.08. The molecule has 2 aromatic rings. The molecule has 0 amide bonds. The van der Waals surface area contributed by atoms with Crippen LogP contribution in [0, 0.1) is 5.82 Å². The van der Waals surface area contributed by atoms with Gasteiger partial charge in [-0.1, -0.05) is 18.2 Å². The van der Waals surface area contributed by atoms with Crippen molar-refractivity contribution in [3.8, 4) is 5.75 Å². The Morgan fingerprint density at radius 3 is 2.38 bits per heavy atom. The highest BCUT2D eigenvalue weighted by Crippen LogP contribution is 2.19. The molecule has 0 aliphatic heterocycles. The number of anilines is 1. The zero-order chi connectivity index (χ0) is 17.4. The van der Waals surface area contributed by atoms with E-state index in [0.717, 1.165) is 30.8 Å². The highest BCUT2D eigenvalue weighted by atomic mass is 19.1. The Kier molecular flexibility index (Phi) is 6.79. The minimum atomic E-state index is -0.196. The normalized spacial score (nSPS) is 11.0. The van der Waals surface area contributed by atoms with E-state index in [2.05, 4.69) is 4.99 Å². The quantitative estimate of drug-likeness (QED) is 0.673. The standard InChI is InChI=1S/C20H25FN2O/c1-4-23(5-2)20-11-8-17(14-19(20)21)15-22-13-12-16-6-9-18(24-3)10-7-16/h6-11,14-15H,4-5,12-13H2,1-3H3/b22-15-. The molecule has 0 fully saturated rings. The monoisotopic (exact) mass is 328 g/mol. The Morgan fingerprint density at radius 2 is 1.79 bits per heavy atom. The largest absolute Gasteiger partial charge is 0.497 e. The van der Waals surface area contributed by atoms with Crippen LogP contribution in [0.1, 0.15) is 25.0 Å². The second-order valence-corrected chi connectivity index (χ2v) is 5.52. The van der Waals surface area contributed by atoms with E-state index < -0.39 is 0 Å². The molecule has 0 heterocycles. The van der Waals surface area contributed by atoms with Crippen molar-refractivity contribution >= 4 is 11.9 Å². The predicted molar refractivity (Wildman–Crippen MR) is 99.1 cm³/mol. The van der Waals surface area contributed by atoms with Gasteiger partial charge in [0, 0.05) is 25.8 Å². The fourth-order valence-corrected chi connectivity index (χ4v) is 2.58. The number of hydrogen-bond acceptors (Lipinski definition) is 3. The molecule has 0 saturated carbocycles. The van der Waals surface area contributed by atoms with Crippen molar-refractivity contribution in [3.05, 3.63) is 59.4 Å². The molecule has 0 spiro atoms. The van der Waals surface area contributed by atoms with Crippen LogP contribution in [0.15, 0.2) is 47.5 Å². The van der Waals surface area contributed by atoms with E-state index in [1.54, 1.807) is 19.4 Å². The molecule has 0 radical (unpaired) electrons. The number of halogens is 1. The van der Waals surface area contributed by atoms with Crippen LogP contribution in [0.3, 0.4) is 0 Å². The van der Waals surface area contributed by atoms with Gasteiger partial charge in [0.1, 0.15) is 11.6 Å². The van der Waals surface area contributed by atoms with Gasteiger partial charge in [-0.15, -0.1) is 0 Å². The topological polar surface area (TPSA) is 24.8 Å². The maximum absolute atomic E-state index is 14.2. The van der Waals surface area contributed by atoms with Gasteiger partial charge >= 0.3 is 0 Å². The van der Waals surface area contributed by atoms with E-state index in [1.165, 1.54) is 5.56 Å². The Morgan fingerprint density at radius 1 is 1.08 bits per heavy atom. The Balaban J connectivity index is 1.92. The number of hydrogen-bond donors (Lipinski definition) is 0. The van der Waals surface area contributed by atoms with Crippen LogP contribution in [-0.4, -0.2) is 33.0 Å². The van der Waals surface area contributed by atoms with E-state index >= 15 is 0 Å². The summed E-state index contributed by atoms with van der Waals surface area (Å²) in [7, 11) is 1.66. The maximum Gasteiger partial charge on any atom is 0.147 e. The smallest absolute Gasteiger partial charge is 0.147 e. The van der Waals surface area contributed by atoms with Crippen LogP contribution in [0.2, 0.25) is 0 Å². The van der Waals surface area contributed by atoms with E-state index in [4.69, 9.17) is 4.74 Å². The van der Waals surface area contributed by atoms with E-state index in [9.17, 15) is 4.39 Å². The molecule has 0 unspecified atom stereocenters. The molecule has 0 atom stereocenters. The van der Waals surface area contributed by atoms with Crippen molar-refractivity contribution in [2.75, 3.05) is 31.6 Å². The number of ether oxygens (including phenoxy) is 1. The number of aliphatic imine (C=N–C) groups is 1. The van der Waals surface area contributed by atoms with Gasteiger partial charge in [0.05, 0.1) is 12.8 Å². The summed E-state index contributed by atoms with van der Waals surface area (Å²) in [5.74, 6) is 0.656. The summed E-state index contributed by atoms with van der Waals surface area (Å²) < 4.78 is 19.3. The van der Waals surface area contributed by atoms with Gasteiger partial charge in [0.25, 0.3) is 0 Å². The van der Waals surface area contributed by atoms with Crippen LogP contribution >= 0.6 is 0 Å². The summed E-state index contributed by atoms with van der Waals surface area (Å²) in [6.45, 7) is 6.31. The minimum absolute atomic E-state index is 0.196. The number of benzene rings is 2. The number of rotatable bonds is 8. The van der Waals surface area contributed by atoms with Crippen LogP contribution in [0.5, 0.6) is 5.75 Å². The third-order valence-electron chi connectivity index (χ3n) is 4.00. The van der Waals surface area contributed by atoms with E-state index in [0.29, 0.717) is 12.2 Å². The summed E-state index contributed by atoms with van der Waals surface area (Å²) in [6.07, 6.45) is 2.58. The third-order valence-corrected chi connectivity index (χ3v) is 4.00. The minimum Gasteiger partial charge on any atom is -0.497 e. The van der Waals surface area contributed by atoms with Crippen molar-refractivity contribution in [1.29, 1.82) is 0 Å². The molecule has 0 N–H and O–H groups in total. The molecule has 0 aromatic heterocycles. The Bertz CT molecular complexity index is 664. The van der Waals surface area contributed by atoms with Gasteiger partial charge < -0.3 is 9.64 Å². The van der Waals surface area contributed by atoms with Crippen molar-refractivity contribution in [3.63, 3.8) is 0 Å². The van der Waals surface area contributed by atoms with Crippen molar-refractivity contribution in [2.24, 2.45) is 4.99 Å². The Hall–Kier alpha value is -2.36. The van der Waals surface area contributed by atoms with E-state index in [1.807, 2.05) is 55.1 Å². The molecular weight excluding hydrogens is 303 g/mol. The molecule has 3 nitrogen and oxygen atoms in total. The zero-order valence-corrected chi connectivity index (χ0v) is 14.6. The van der Waals surface area contributed by atoms with Crippen LogP contribution in [0.4, 0.5) is 10.1 Å². The van der Waals surface area contributed by atoms with Gasteiger partial charge in [-0.25, -0.2) is 4.39 Å². The first kappa shape index (κ1) is 18.0. The lowest BCUT2D eigenvalue weighted by molar-refractivity contribution is 0.414. The number of nitrogens with zero attached hydrogens (tertiary/aromatic N) is 2. The molecular formula is C20H25FN2O. The van der Waals surface area contributed by atoms with Crippen molar-refractivity contribution in [1.82, 2.24) is 0 Å². The van der Waals surface area contributed by atoms with Gasteiger partial charge in [-0.3, -0.25) is 4.99 Å². The summed E-state index contributed by atoms with van der Waals surface area (Å²) >= 11 is 0. The van der Waals surface area contributed by atoms with Gasteiger partial charge in [0.15, 0.2) is 0 Å². The first-order chi connectivity index (χ1) is 11.7. The average molecular weight is 328 g/mol. The maximum atomic E-state index is 14.2. The molecule has 0 saturated heterocycles. The molecule has 0 bridgehead atoms. The second-order valence-electron chi connectivity index (χ2n) is 5.52. The lowest BCUT2D eigenvalue weighted by Gasteiger charge is -2.21. The molecule has 24 heavy (non-hydrogen) atoms. The molecule has 2 rings (SSSR count). The first-order valence-electron chi connectivity index (χ1n) is 8.35. The fraction of sp³-hybridized carbons (Fsp3) is 0.350. The Labute approximate surface area is 143 Å². The number of methoxy groups -OCH3 is 1. The fourth-order valence-electron chi connectivity index (χ4n) is 2.58. The van der Waals surface area contributed by atoms with Crippen molar-refractivity contribution < 1.29 is 9.13 Å². The average Bonchev–Trinajstić information content (AvgIpc) is 2.62. The molecule has 4 heteroatoms. The lowest BCUT2D eigenvalue weighted by atomic mass is 10.1. The van der Waals surface area contributed by atoms with Gasteiger partial charge in [-0.05, 0) is 55.7 Å². The summed E-state index contributed by atoms with van der Waals surface area (Å²) in [5, 5.41) is 0. The summed E-state index contributed by atoms with van der Waals surface area (Å²) in [5.41, 5.74) is 2.64. The molecule has 0 aliphatic rings.